The number of hydrogen-bond donors (Lipinski definition) is 0. The van der Waals surface area contributed by atoms with E-state index in [0.717, 1.165) is 19.6 Å². The minimum Gasteiger partial charge on any atom is -0.469 e. The number of esters is 1. The number of ether oxygens (including phenoxy) is 2. The van der Waals surface area contributed by atoms with Gasteiger partial charge in [0.05, 0.1) is 25.7 Å². The Balaban J connectivity index is 0.000000807. The summed E-state index contributed by atoms with van der Waals surface area (Å²) in [5.74, 6) is 0.937. The predicted octanol–water partition coefficient (Wildman–Crippen LogP) is 5.47. The topological polar surface area (TPSA) is 38.8 Å². The fraction of sp³-hybridized carbons (Fsp3) is 0.741. The highest BCUT2D eigenvalue weighted by atomic mass is 16.5. The molecular formula is C27H45NO3. The van der Waals surface area contributed by atoms with Crippen LogP contribution in [0.5, 0.6) is 0 Å². The lowest BCUT2D eigenvalue weighted by molar-refractivity contribution is -0.176. The average molecular weight is 432 g/mol. The first-order valence-corrected chi connectivity index (χ1v) is 12.4. The van der Waals surface area contributed by atoms with Gasteiger partial charge in [-0.3, -0.25) is 4.79 Å². The number of carbonyl (C=O) groups is 1. The van der Waals surface area contributed by atoms with Gasteiger partial charge in [-0.1, -0.05) is 58.9 Å². The predicted molar refractivity (Wildman–Crippen MR) is 128 cm³/mol. The Kier molecular flexibility index (Phi) is 9.14. The van der Waals surface area contributed by atoms with Gasteiger partial charge in [-0.05, 0) is 69.2 Å². The Morgan fingerprint density at radius 2 is 1.77 bits per heavy atom. The Labute approximate surface area is 190 Å². The van der Waals surface area contributed by atoms with Crippen molar-refractivity contribution in [1.82, 2.24) is 4.90 Å². The van der Waals surface area contributed by atoms with Crippen LogP contribution in [0.2, 0.25) is 0 Å². The highest BCUT2D eigenvalue weighted by Gasteiger charge is 2.61. The number of benzene rings is 1. The van der Waals surface area contributed by atoms with Crippen LogP contribution < -0.4 is 0 Å². The van der Waals surface area contributed by atoms with Crippen molar-refractivity contribution in [3.05, 3.63) is 35.4 Å². The van der Waals surface area contributed by atoms with Crippen molar-refractivity contribution in [2.24, 2.45) is 23.7 Å². The Morgan fingerprint density at radius 3 is 2.39 bits per heavy atom. The Morgan fingerprint density at radius 1 is 1.13 bits per heavy atom. The first kappa shape index (κ1) is 25.9. The number of likely N-dealkylation sites (tertiary alicyclic amines) is 1. The van der Waals surface area contributed by atoms with Gasteiger partial charge in [-0.25, -0.2) is 0 Å². The van der Waals surface area contributed by atoms with Gasteiger partial charge in [0, 0.05) is 11.5 Å². The normalized spacial score (nSPS) is 36.7. The number of hydrogen-bond acceptors (Lipinski definition) is 4. The van der Waals surface area contributed by atoms with E-state index < -0.39 is 0 Å². The zero-order chi connectivity index (χ0) is 23.3. The molecule has 3 fully saturated rings. The summed E-state index contributed by atoms with van der Waals surface area (Å²) in [4.78, 5) is 15.1. The van der Waals surface area contributed by atoms with Crippen molar-refractivity contribution in [1.29, 1.82) is 0 Å². The molecule has 176 valence electrons. The molecule has 2 aliphatic heterocycles. The minimum absolute atomic E-state index is 0.0661. The molecule has 0 aromatic heterocycles. The van der Waals surface area contributed by atoms with E-state index in [1.807, 2.05) is 34.6 Å². The first-order valence-electron chi connectivity index (χ1n) is 12.4. The third kappa shape index (κ3) is 4.30. The maximum absolute atomic E-state index is 12.6. The highest BCUT2D eigenvalue weighted by molar-refractivity contribution is 5.73. The van der Waals surface area contributed by atoms with E-state index in [0.29, 0.717) is 23.8 Å². The van der Waals surface area contributed by atoms with Crippen molar-refractivity contribution in [2.75, 3.05) is 27.3 Å². The molecule has 1 saturated carbocycles. The number of aryl methyl sites for hydroxylation is 1. The molecule has 1 aromatic rings. The SMILES string of the molecule is CC.CC.COC(=O)[C@@H]1[C@@H]2C[C@@H]3N(C)CCC3(c3ccccc3C)[C@@H](C)[C@@H]2CO[C@@H]1C. The van der Waals surface area contributed by atoms with E-state index in [-0.39, 0.29) is 23.4 Å². The number of rotatable bonds is 2. The van der Waals surface area contributed by atoms with Crippen molar-refractivity contribution >= 4 is 5.97 Å². The van der Waals surface area contributed by atoms with Gasteiger partial charge < -0.3 is 14.4 Å². The van der Waals surface area contributed by atoms with E-state index in [9.17, 15) is 4.79 Å². The lowest BCUT2D eigenvalue weighted by Gasteiger charge is -2.57. The van der Waals surface area contributed by atoms with Gasteiger partial charge in [0.15, 0.2) is 0 Å². The van der Waals surface area contributed by atoms with Crippen molar-refractivity contribution in [3.63, 3.8) is 0 Å². The first-order chi connectivity index (χ1) is 14.9. The van der Waals surface area contributed by atoms with Crippen LogP contribution in [-0.4, -0.2) is 50.3 Å². The zero-order valence-corrected chi connectivity index (χ0v) is 21.3. The second-order valence-electron chi connectivity index (χ2n) is 9.04. The number of fused-ring (bicyclic) bond motifs is 2. The summed E-state index contributed by atoms with van der Waals surface area (Å²) in [7, 11) is 3.76. The van der Waals surface area contributed by atoms with Crippen LogP contribution in [0.3, 0.4) is 0 Å². The third-order valence-corrected chi connectivity index (χ3v) is 8.14. The number of likely N-dealkylation sites (N-methyl/N-ethyl adjacent to an activating group) is 1. The standard InChI is InChI=1S/C23H33NO3.2C2H6/c1-14-8-6-7-9-19(14)23-10-11-24(4)20(23)12-17-18(15(23)2)13-27-16(3)21(17)22(25)26-5;2*1-2/h6-9,15-18,20-21H,10-13H2,1-5H3;2*1-2H3/t15-,16+,17+,18-,20-,21-,23?;;/m0../s1. The summed E-state index contributed by atoms with van der Waals surface area (Å²) in [6, 6.07) is 9.37. The van der Waals surface area contributed by atoms with E-state index in [1.54, 1.807) is 0 Å². The van der Waals surface area contributed by atoms with E-state index in [4.69, 9.17) is 9.47 Å². The highest BCUT2D eigenvalue weighted by Crippen LogP contribution is 2.58. The molecule has 1 aliphatic carbocycles. The molecule has 0 spiro atoms. The van der Waals surface area contributed by atoms with Gasteiger partial charge in [0.2, 0.25) is 0 Å². The smallest absolute Gasteiger partial charge is 0.311 e. The number of methoxy groups -OCH3 is 1. The molecule has 1 aromatic carbocycles. The van der Waals surface area contributed by atoms with Crippen LogP contribution in [0.15, 0.2) is 24.3 Å². The lowest BCUT2D eigenvalue weighted by Crippen LogP contribution is -2.60. The zero-order valence-electron chi connectivity index (χ0n) is 21.3. The van der Waals surface area contributed by atoms with Gasteiger partial charge in [0.25, 0.3) is 0 Å². The van der Waals surface area contributed by atoms with E-state index in [2.05, 4.69) is 50.1 Å². The molecule has 4 heteroatoms. The monoisotopic (exact) mass is 431 g/mol. The molecule has 0 bridgehead atoms. The van der Waals surface area contributed by atoms with E-state index in [1.165, 1.54) is 24.7 Å². The molecule has 2 saturated heterocycles. The minimum atomic E-state index is -0.153. The Bertz CT molecular complexity index is 720. The van der Waals surface area contributed by atoms with Gasteiger partial charge in [-0.2, -0.15) is 0 Å². The number of nitrogens with zero attached hydrogens (tertiary/aromatic N) is 1. The summed E-state index contributed by atoms with van der Waals surface area (Å²) in [5, 5.41) is 0. The molecular weight excluding hydrogens is 386 g/mol. The molecule has 4 nitrogen and oxygen atoms in total. The molecule has 3 aliphatic rings. The summed E-state index contributed by atoms with van der Waals surface area (Å²) >= 11 is 0. The molecule has 31 heavy (non-hydrogen) atoms. The van der Waals surface area contributed by atoms with Crippen LogP contribution in [0.1, 0.15) is 65.5 Å². The van der Waals surface area contributed by atoms with Crippen molar-refractivity contribution in [2.45, 2.75) is 78.9 Å². The maximum atomic E-state index is 12.6. The fourth-order valence-corrected chi connectivity index (χ4v) is 6.74. The van der Waals surface area contributed by atoms with Crippen molar-refractivity contribution in [3.8, 4) is 0 Å². The number of carbonyl (C=O) groups excluding carboxylic acids is 1. The van der Waals surface area contributed by atoms with Crippen LogP contribution in [0, 0.1) is 30.6 Å². The quantitative estimate of drug-likeness (QED) is 0.582. The molecule has 1 unspecified atom stereocenters. The van der Waals surface area contributed by atoms with Crippen LogP contribution in [-0.2, 0) is 19.7 Å². The second-order valence-corrected chi connectivity index (χ2v) is 9.04. The molecule has 2 heterocycles. The molecule has 7 atom stereocenters. The molecule has 4 rings (SSSR count). The van der Waals surface area contributed by atoms with Crippen LogP contribution >= 0.6 is 0 Å². The maximum Gasteiger partial charge on any atom is 0.311 e. The van der Waals surface area contributed by atoms with Crippen molar-refractivity contribution < 1.29 is 14.3 Å². The second kappa shape index (κ2) is 11.0. The van der Waals surface area contributed by atoms with E-state index >= 15 is 0 Å². The summed E-state index contributed by atoms with van der Waals surface area (Å²) in [6.07, 6.45) is 2.17. The summed E-state index contributed by atoms with van der Waals surface area (Å²) in [6.45, 7) is 16.6. The van der Waals surface area contributed by atoms with Crippen LogP contribution in [0.4, 0.5) is 0 Å². The summed E-state index contributed by atoms with van der Waals surface area (Å²) < 4.78 is 11.3. The van der Waals surface area contributed by atoms with Crippen LogP contribution in [0.25, 0.3) is 0 Å². The largest absolute Gasteiger partial charge is 0.469 e. The molecule has 0 amide bonds. The van der Waals surface area contributed by atoms with Gasteiger partial charge in [0.1, 0.15) is 0 Å². The fourth-order valence-electron chi connectivity index (χ4n) is 6.74. The van der Waals surface area contributed by atoms with Gasteiger partial charge in [-0.15, -0.1) is 0 Å². The molecule has 0 N–H and O–H groups in total. The Hall–Kier alpha value is -1.39. The third-order valence-electron chi connectivity index (χ3n) is 8.14. The average Bonchev–Trinajstić information content (AvgIpc) is 3.14. The molecule has 0 radical (unpaired) electrons. The van der Waals surface area contributed by atoms with Gasteiger partial charge >= 0.3 is 5.97 Å². The summed E-state index contributed by atoms with van der Waals surface area (Å²) in [5.41, 5.74) is 3.03. The lowest BCUT2D eigenvalue weighted by atomic mass is 9.51.